The molecule has 0 saturated heterocycles. The van der Waals surface area contributed by atoms with Crippen LogP contribution >= 0.6 is 0 Å². The Morgan fingerprint density at radius 3 is 2.74 bits per heavy atom. The third-order valence-electron chi connectivity index (χ3n) is 2.72. The molecule has 0 saturated carbocycles. The molecule has 5 heteroatoms. The van der Waals surface area contributed by atoms with E-state index in [4.69, 9.17) is 0 Å². The number of hydrogen-bond acceptors (Lipinski definition) is 2. The van der Waals surface area contributed by atoms with Gasteiger partial charge in [0.2, 0.25) is 0 Å². The van der Waals surface area contributed by atoms with E-state index in [1.54, 1.807) is 0 Å². The van der Waals surface area contributed by atoms with Gasteiger partial charge in [0.05, 0.1) is 0 Å². The molecule has 2 rings (SSSR count). The number of aryl methyl sites for hydroxylation is 1. The second-order valence-electron chi connectivity index (χ2n) is 4.35. The molecule has 0 amide bonds. The van der Waals surface area contributed by atoms with Crippen LogP contribution in [0.1, 0.15) is 30.4 Å². The summed E-state index contributed by atoms with van der Waals surface area (Å²) in [4.78, 5) is 18.3. The fourth-order valence-electron chi connectivity index (χ4n) is 1.88. The summed E-state index contributed by atoms with van der Waals surface area (Å²) in [6, 6.07) is 4.81. The minimum atomic E-state index is -0.636. The lowest BCUT2D eigenvalue weighted by Crippen LogP contribution is -2.13. The van der Waals surface area contributed by atoms with Crippen LogP contribution in [0.2, 0.25) is 0 Å². The number of aromatic nitrogens is 2. The summed E-state index contributed by atoms with van der Waals surface area (Å²) < 4.78 is 26.3. The Hall–Kier alpha value is -2.04. The van der Waals surface area contributed by atoms with Gasteiger partial charge in [0.1, 0.15) is 17.5 Å². The molecule has 100 valence electrons. The lowest BCUT2D eigenvalue weighted by Gasteiger charge is -2.05. The van der Waals surface area contributed by atoms with Gasteiger partial charge in [-0.1, -0.05) is 19.4 Å². The van der Waals surface area contributed by atoms with Crippen molar-refractivity contribution in [1.29, 1.82) is 0 Å². The van der Waals surface area contributed by atoms with Crippen LogP contribution in [0.3, 0.4) is 0 Å². The topological polar surface area (TPSA) is 45.8 Å². The first-order valence-corrected chi connectivity index (χ1v) is 6.11. The normalized spacial score (nSPS) is 10.7. The molecule has 0 radical (unpaired) electrons. The molecule has 1 aromatic heterocycles. The molecule has 1 aromatic carbocycles. The number of rotatable bonds is 4. The quantitative estimate of drug-likeness (QED) is 0.922. The fourth-order valence-corrected chi connectivity index (χ4v) is 1.88. The first-order chi connectivity index (χ1) is 9.08. The van der Waals surface area contributed by atoms with E-state index >= 15 is 0 Å². The highest BCUT2D eigenvalue weighted by Gasteiger charge is 2.07. The van der Waals surface area contributed by atoms with Crippen molar-refractivity contribution < 1.29 is 8.78 Å². The maximum absolute atomic E-state index is 13.5. The third-order valence-corrected chi connectivity index (χ3v) is 2.72. The first kappa shape index (κ1) is 13.4. The molecule has 19 heavy (non-hydrogen) atoms. The van der Waals surface area contributed by atoms with E-state index < -0.39 is 11.6 Å². The van der Waals surface area contributed by atoms with Gasteiger partial charge in [-0.05, 0) is 18.1 Å². The summed E-state index contributed by atoms with van der Waals surface area (Å²) in [6.45, 7) is 1.99. The molecule has 0 aliphatic carbocycles. The lowest BCUT2D eigenvalue weighted by molar-refractivity contribution is 0.573. The van der Waals surface area contributed by atoms with Crippen molar-refractivity contribution in [3.63, 3.8) is 0 Å². The molecule has 2 aromatic rings. The van der Waals surface area contributed by atoms with E-state index in [1.165, 1.54) is 18.2 Å². The SMILES string of the molecule is CCCc1cc(=O)[nH]c(Cc2ccc(F)cc2F)n1. The molecule has 1 N–H and O–H groups in total. The highest BCUT2D eigenvalue weighted by Crippen LogP contribution is 2.12. The maximum atomic E-state index is 13.5. The molecular weight excluding hydrogens is 250 g/mol. The zero-order chi connectivity index (χ0) is 13.8. The molecule has 1 heterocycles. The van der Waals surface area contributed by atoms with Crippen LogP contribution in [0.4, 0.5) is 8.78 Å². The van der Waals surface area contributed by atoms with Gasteiger partial charge in [0.15, 0.2) is 0 Å². The number of nitrogens with one attached hydrogen (secondary N) is 1. The van der Waals surface area contributed by atoms with E-state index in [0.717, 1.165) is 12.5 Å². The first-order valence-electron chi connectivity index (χ1n) is 6.11. The second kappa shape index (κ2) is 5.73. The molecule has 0 fully saturated rings. The minimum Gasteiger partial charge on any atom is -0.310 e. The largest absolute Gasteiger partial charge is 0.310 e. The van der Waals surface area contributed by atoms with Crippen LogP contribution in [-0.4, -0.2) is 9.97 Å². The van der Waals surface area contributed by atoms with Gasteiger partial charge in [-0.2, -0.15) is 0 Å². The van der Waals surface area contributed by atoms with Crippen molar-refractivity contribution in [3.8, 4) is 0 Å². The Labute approximate surface area is 109 Å². The van der Waals surface area contributed by atoms with Crippen molar-refractivity contribution in [2.24, 2.45) is 0 Å². The summed E-state index contributed by atoms with van der Waals surface area (Å²) >= 11 is 0. The predicted molar refractivity (Wildman–Crippen MR) is 68.0 cm³/mol. The Morgan fingerprint density at radius 1 is 1.26 bits per heavy atom. The molecule has 0 aliphatic heterocycles. The summed E-state index contributed by atoms with van der Waals surface area (Å²) in [7, 11) is 0. The highest BCUT2D eigenvalue weighted by atomic mass is 19.1. The van der Waals surface area contributed by atoms with Crippen LogP contribution in [0, 0.1) is 11.6 Å². The van der Waals surface area contributed by atoms with E-state index in [0.29, 0.717) is 23.5 Å². The average molecular weight is 264 g/mol. The molecular formula is C14H14F2N2O. The standard InChI is InChI=1S/C14H14F2N2O/c1-2-3-11-8-14(19)18-13(17-11)6-9-4-5-10(15)7-12(9)16/h4-5,7-8H,2-3,6H2,1H3,(H,17,18,19). The van der Waals surface area contributed by atoms with Gasteiger partial charge in [-0.15, -0.1) is 0 Å². The van der Waals surface area contributed by atoms with Gasteiger partial charge in [0, 0.05) is 24.2 Å². The summed E-state index contributed by atoms with van der Waals surface area (Å²) in [6.07, 6.45) is 1.71. The second-order valence-corrected chi connectivity index (χ2v) is 4.35. The van der Waals surface area contributed by atoms with Crippen molar-refractivity contribution >= 4 is 0 Å². The van der Waals surface area contributed by atoms with Crippen molar-refractivity contribution in [2.75, 3.05) is 0 Å². The van der Waals surface area contributed by atoms with Crippen molar-refractivity contribution in [3.05, 3.63) is 63.3 Å². The van der Waals surface area contributed by atoms with E-state index in [1.807, 2.05) is 6.92 Å². The average Bonchev–Trinajstić information content (AvgIpc) is 2.32. The third kappa shape index (κ3) is 3.47. The Morgan fingerprint density at radius 2 is 2.05 bits per heavy atom. The van der Waals surface area contributed by atoms with Crippen molar-refractivity contribution in [1.82, 2.24) is 9.97 Å². The Bertz CT molecular complexity index is 638. The van der Waals surface area contributed by atoms with Crippen LogP contribution in [0.5, 0.6) is 0 Å². The minimum absolute atomic E-state index is 0.138. The smallest absolute Gasteiger partial charge is 0.251 e. The van der Waals surface area contributed by atoms with Crippen LogP contribution < -0.4 is 5.56 Å². The van der Waals surface area contributed by atoms with E-state index in [9.17, 15) is 13.6 Å². The number of nitrogens with zero attached hydrogens (tertiary/aromatic N) is 1. The summed E-state index contributed by atoms with van der Waals surface area (Å²) in [5, 5.41) is 0. The Balaban J connectivity index is 2.30. The van der Waals surface area contributed by atoms with E-state index in [2.05, 4.69) is 9.97 Å². The molecule has 0 unspecified atom stereocenters. The van der Waals surface area contributed by atoms with Gasteiger partial charge >= 0.3 is 0 Å². The number of aromatic amines is 1. The number of H-pyrrole nitrogens is 1. The number of benzene rings is 1. The molecule has 0 spiro atoms. The lowest BCUT2D eigenvalue weighted by atomic mass is 10.1. The molecule has 0 atom stereocenters. The van der Waals surface area contributed by atoms with Gasteiger partial charge in [-0.25, -0.2) is 13.8 Å². The van der Waals surface area contributed by atoms with Gasteiger partial charge in [-0.3, -0.25) is 4.79 Å². The number of halogens is 2. The molecule has 0 bridgehead atoms. The van der Waals surface area contributed by atoms with E-state index in [-0.39, 0.29) is 12.0 Å². The Kier molecular flexibility index (Phi) is 4.04. The maximum Gasteiger partial charge on any atom is 0.251 e. The predicted octanol–water partition coefficient (Wildman–Crippen LogP) is 2.59. The summed E-state index contributed by atoms with van der Waals surface area (Å²) in [5.41, 5.74) is 0.734. The molecule has 0 aliphatic rings. The fraction of sp³-hybridized carbons (Fsp3) is 0.286. The van der Waals surface area contributed by atoms with Crippen molar-refractivity contribution in [2.45, 2.75) is 26.2 Å². The number of hydrogen-bond donors (Lipinski definition) is 1. The van der Waals surface area contributed by atoms with Gasteiger partial charge < -0.3 is 4.98 Å². The molecule has 3 nitrogen and oxygen atoms in total. The summed E-state index contributed by atoms with van der Waals surface area (Å²) in [5.74, 6) is -0.868. The monoisotopic (exact) mass is 264 g/mol. The van der Waals surface area contributed by atoms with Crippen LogP contribution in [0.15, 0.2) is 29.1 Å². The van der Waals surface area contributed by atoms with Crippen LogP contribution in [0.25, 0.3) is 0 Å². The highest BCUT2D eigenvalue weighted by molar-refractivity contribution is 5.22. The zero-order valence-corrected chi connectivity index (χ0v) is 10.5. The van der Waals surface area contributed by atoms with Crippen LogP contribution in [-0.2, 0) is 12.8 Å². The zero-order valence-electron chi connectivity index (χ0n) is 10.5. The van der Waals surface area contributed by atoms with Gasteiger partial charge in [0.25, 0.3) is 5.56 Å².